The fourth-order valence-electron chi connectivity index (χ4n) is 1.76. The Hall–Kier alpha value is -0.870. The molecule has 2 N–H and O–H groups in total. The average molecular weight is 198 g/mol. The summed E-state index contributed by atoms with van der Waals surface area (Å²) in [6.07, 6.45) is 3.52. The highest BCUT2D eigenvalue weighted by atomic mass is 16.5. The van der Waals surface area contributed by atoms with Crippen molar-refractivity contribution < 1.29 is 9.53 Å². The summed E-state index contributed by atoms with van der Waals surface area (Å²) in [4.78, 5) is 13.6. The van der Waals surface area contributed by atoms with Gasteiger partial charge in [0.2, 0.25) is 0 Å². The lowest BCUT2D eigenvalue weighted by atomic mass is 10.2. The van der Waals surface area contributed by atoms with Crippen molar-refractivity contribution in [3.63, 3.8) is 0 Å². The maximum Gasteiger partial charge on any atom is 0.323 e. The highest BCUT2D eigenvalue weighted by Crippen LogP contribution is 2.17. The molecule has 0 aliphatic carbocycles. The zero-order valence-corrected chi connectivity index (χ0v) is 8.45. The second-order valence-corrected chi connectivity index (χ2v) is 3.40. The maximum atomic E-state index is 11.5. The quantitative estimate of drug-likeness (QED) is 0.504. The number of hydrogen-bond acceptors (Lipinski definition) is 4. The smallest absolute Gasteiger partial charge is 0.323 e. The monoisotopic (exact) mass is 198 g/mol. The zero-order chi connectivity index (χ0) is 10.4. The number of carbonyl (C=O) groups excluding carboxylic acids is 1. The van der Waals surface area contributed by atoms with Crippen LogP contribution in [0.15, 0.2) is 12.7 Å². The highest BCUT2D eigenvalue weighted by molar-refractivity contribution is 5.76. The molecule has 0 spiro atoms. The summed E-state index contributed by atoms with van der Waals surface area (Å²) in [5, 5.41) is 0. The van der Waals surface area contributed by atoms with Crippen LogP contribution in [-0.2, 0) is 9.53 Å². The van der Waals surface area contributed by atoms with E-state index < -0.39 is 0 Å². The normalized spacial score (nSPS) is 22.2. The SMILES string of the molecule is C=CCOC(=O)C1CCCN1CCN. The zero-order valence-electron chi connectivity index (χ0n) is 8.45. The van der Waals surface area contributed by atoms with E-state index in [1.54, 1.807) is 6.08 Å². The van der Waals surface area contributed by atoms with Crippen LogP contribution < -0.4 is 5.73 Å². The number of nitrogens with zero attached hydrogens (tertiary/aromatic N) is 1. The molecule has 1 aliphatic heterocycles. The molecule has 1 heterocycles. The lowest BCUT2D eigenvalue weighted by molar-refractivity contribution is -0.147. The van der Waals surface area contributed by atoms with Gasteiger partial charge < -0.3 is 10.5 Å². The van der Waals surface area contributed by atoms with E-state index in [2.05, 4.69) is 11.5 Å². The second-order valence-electron chi connectivity index (χ2n) is 3.40. The lowest BCUT2D eigenvalue weighted by Crippen LogP contribution is -2.40. The Labute approximate surface area is 84.7 Å². The Morgan fingerprint density at radius 2 is 2.50 bits per heavy atom. The molecular formula is C10H18N2O2. The molecule has 0 saturated carbocycles. The molecular weight excluding hydrogens is 180 g/mol. The molecule has 0 radical (unpaired) electrons. The lowest BCUT2D eigenvalue weighted by Gasteiger charge is -2.21. The minimum atomic E-state index is -0.143. The van der Waals surface area contributed by atoms with Crippen LogP contribution in [0.25, 0.3) is 0 Å². The van der Waals surface area contributed by atoms with Gasteiger partial charge in [0, 0.05) is 13.1 Å². The number of rotatable bonds is 5. The van der Waals surface area contributed by atoms with Gasteiger partial charge in [-0.25, -0.2) is 0 Å². The van der Waals surface area contributed by atoms with Crippen molar-refractivity contribution in [2.45, 2.75) is 18.9 Å². The fourth-order valence-corrected chi connectivity index (χ4v) is 1.76. The van der Waals surface area contributed by atoms with E-state index in [1.807, 2.05) is 0 Å². The van der Waals surface area contributed by atoms with Crippen LogP contribution in [0.5, 0.6) is 0 Å². The van der Waals surface area contributed by atoms with Crippen LogP contribution in [0.1, 0.15) is 12.8 Å². The summed E-state index contributed by atoms with van der Waals surface area (Å²) in [5.41, 5.74) is 5.46. The number of ether oxygens (including phenoxy) is 1. The molecule has 4 heteroatoms. The topological polar surface area (TPSA) is 55.6 Å². The molecule has 0 aromatic heterocycles. The van der Waals surface area contributed by atoms with Gasteiger partial charge in [0.15, 0.2) is 0 Å². The number of nitrogens with two attached hydrogens (primary N) is 1. The molecule has 14 heavy (non-hydrogen) atoms. The molecule has 1 unspecified atom stereocenters. The molecule has 0 amide bonds. The minimum Gasteiger partial charge on any atom is -0.460 e. The van der Waals surface area contributed by atoms with Gasteiger partial charge in [0.1, 0.15) is 12.6 Å². The van der Waals surface area contributed by atoms with Crippen LogP contribution in [0.2, 0.25) is 0 Å². The van der Waals surface area contributed by atoms with Crippen molar-refractivity contribution in [2.24, 2.45) is 5.73 Å². The number of hydrogen-bond donors (Lipinski definition) is 1. The van der Waals surface area contributed by atoms with Crippen molar-refractivity contribution in [1.29, 1.82) is 0 Å². The summed E-state index contributed by atoms with van der Waals surface area (Å²) in [5.74, 6) is -0.143. The first kappa shape index (κ1) is 11.2. The van der Waals surface area contributed by atoms with Crippen LogP contribution >= 0.6 is 0 Å². The van der Waals surface area contributed by atoms with Crippen molar-refractivity contribution in [3.05, 3.63) is 12.7 Å². The molecule has 1 saturated heterocycles. The Morgan fingerprint density at radius 1 is 1.71 bits per heavy atom. The highest BCUT2D eigenvalue weighted by Gasteiger charge is 2.30. The van der Waals surface area contributed by atoms with Gasteiger partial charge in [-0.1, -0.05) is 12.7 Å². The molecule has 1 atom stereocenters. The third kappa shape index (κ3) is 2.82. The Kier molecular flexibility index (Phi) is 4.62. The van der Waals surface area contributed by atoms with Gasteiger partial charge in [0.05, 0.1) is 0 Å². The van der Waals surface area contributed by atoms with Gasteiger partial charge in [-0.3, -0.25) is 9.69 Å². The van der Waals surface area contributed by atoms with Gasteiger partial charge >= 0.3 is 5.97 Å². The molecule has 0 bridgehead atoms. The van der Waals surface area contributed by atoms with E-state index in [0.717, 1.165) is 25.9 Å². The summed E-state index contributed by atoms with van der Waals surface area (Å²) >= 11 is 0. The van der Waals surface area contributed by atoms with Gasteiger partial charge in [0.25, 0.3) is 0 Å². The number of likely N-dealkylation sites (tertiary alicyclic amines) is 1. The van der Waals surface area contributed by atoms with Crippen molar-refractivity contribution in [1.82, 2.24) is 4.90 Å². The second kappa shape index (κ2) is 5.78. The van der Waals surface area contributed by atoms with Crippen molar-refractivity contribution in [2.75, 3.05) is 26.2 Å². The van der Waals surface area contributed by atoms with Gasteiger partial charge in [-0.05, 0) is 19.4 Å². The first-order chi connectivity index (χ1) is 6.79. The summed E-state index contributed by atoms with van der Waals surface area (Å²) < 4.78 is 5.01. The van der Waals surface area contributed by atoms with Gasteiger partial charge in [-0.15, -0.1) is 0 Å². The first-order valence-electron chi connectivity index (χ1n) is 5.01. The van der Waals surface area contributed by atoms with Crippen molar-refractivity contribution >= 4 is 5.97 Å². The third-order valence-electron chi connectivity index (χ3n) is 2.40. The molecule has 0 aromatic carbocycles. The predicted octanol–water partition coefficient (Wildman–Crippen LogP) is 0.139. The number of esters is 1. The van der Waals surface area contributed by atoms with E-state index in [0.29, 0.717) is 13.2 Å². The maximum absolute atomic E-state index is 11.5. The molecule has 1 fully saturated rings. The van der Waals surface area contributed by atoms with Crippen LogP contribution in [0, 0.1) is 0 Å². The van der Waals surface area contributed by atoms with Crippen LogP contribution in [-0.4, -0.2) is 43.2 Å². The predicted molar refractivity (Wildman–Crippen MR) is 54.8 cm³/mol. The Morgan fingerprint density at radius 3 is 3.14 bits per heavy atom. The standard InChI is InChI=1S/C10H18N2O2/c1-2-8-14-10(13)9-4-3-6-12(9)7-5-11/h2,9H,1,3-8,11H2. The molecule has 0 aromatic rings. The van der Waals surface area contributed by atoms with Crippen LogP contribution in [0.4, 0.5) is 0 Å². The van der Waals surface area contributed by atoms with E-state index in [-0.39, 0.29) is 12.0 Å². The van der Waals surface area contributed by atoms with E-state index in [4.69, 9.17) is 10.5 Å². The minimum absolute atomic E-state index is 0.0847. The van der Waals surface area contributed by atoms with E-state index in [9.17, 15) is 4.79 Å². The Bertz CT molecular complexity index is 206. The molecule has 1 aliphatic rings. The largest absolute Gasteiger partial charge is 0.460 e. The summed E-state index contributed by atoms with van der Waals surface area (Å²) in [7, 11) is 0. The molecule has 80 valence electrons. The molecule has 4 nitrogen and oxygen atoms in total. The summed E-state index contributed by atoms with van der Waals surface area (Å²) in [6, 6.07) is -0.0847. The van der Waals surface area contributed by atoms with Crippen LogP contribution in [0.3, 0.4) is 0 Å². The van der Waals surface area contributed by atoms with Crippen molar-refractivity contribution in [3.8, 4) is 0 Å². The Balaban J connectivity index is 2.40. The number of carbonyl (C=O) groups is 1. The average Bonchev–Trinajstić information content (AvgIpc) is 2.63. The van der Waals surface area contributed by atoms with E-state index in [1.165, 1.54) is 0 Å². The van der Waals surface area contributed by atoms with Gasteiger partial charge in [-0.2, -0.15) is 0 Å². The summed E-state index contributed by atoms with van der Waals surface area (Å²) in [6.45, 7) is 6.11. The first-order valence-corrected chi connectivity index (χ1v) is 5.01. The fraction of sp³-hybridized carbons (Fsp3) is 0.700. The van der Waals surface area contributed by atoms with E-state index >= 15 is 0 Å². The third-order valence-corrected chi connectivity index (χ3v) is 2.40. The molecule has 1 rings (SSSR count).